The van der Waals surface area contributed by atoms with Crippen LogP contribution in [0.25, 0.3) is 0 Å². The van der Waals surface area contributed by atoms with Gasteiger partial charge in [-0.2, -0.15) is 0 Å². The fraction of sp³-hybridized carbons (Fsp3) is 0.727. The minimum Gasteiger partial charge on any atom is -0.390 e. The fourth-order valence-electron chi connectivity index (χ4n) is 4.60. The zero-order valence-corrected chi connectivity index (χ0v) is 16.6. The molecule has 1 N–H and O–H groups in total. The standard InChI is InChI=1S/C22H35NO4/c1-25-12-13-27-15-14-26-11-10-22(24)16-20-8-5-9-21(17-22)23(20)18-19-6-3-2-4-7-19/h2-4,6-7,20-21,24H,5,8-18H2,1H3. The zero-order chi connectivity index (χ0) is 19.0. The van der Waals surface area contributed by atoms with Gasteiger partial charge < -0.3 is 19.3 Å². The van der Waals surface area contributed by atoms with Gasteiger partial charge in [0.2, 0.25) is 0 Å². The number of nitrogens with zero attached hydrogens (tertiary/aromatic N) is 1. The van der Waals surface area contributed by atoms with E-state index in [4.69, 9.17) is 14.2 Å². The molecule has 0 saturated carbocycles. The van der Waals surface area contributed by atoms with E-state index in [0.717, 1.165) is 25.8 Å². The van der Waals surface area contributed by atoms with E-state index >= 15 is 0 Å². The van der Waals surface area contributed by atoms with E-state index in [-0.39, 0.29) is 0 Å². The molecule has 0 radical (unpaired) electrons. The lowest BCUT2D eigenvalue weighted by molar-refractivity contribution is -0.108. The first-order valence-electron chi connectivity index (χ1n) is 10.4. The monoisotopic (exact) mass is 377 g/mol. The molecule has 1 aromatic carbocycles. The smallest absolute Gasteiger partial charge is 0.0701 e. The number of rotatable bonds is 11. The molecule has 5 nitrogen and oxygen atoms in total. The minimum absolute atomic E-state index is 0.486. The Morgan fingerprint density at radius 2 is 1.59 bits per heavy atom. The molecule has 2 saturated heterocycles. The summed E-state index contributed by atoms with van der Waals surface area (Å²) in [6.07, 6.45) is 6.12. The molecule has 2 aliphatic rings. The number of piperidine rings is 2. The number of fused-ring (bicyclic) bond motifs is 2. The van der Waals surface area contributed by atoms with Crippen molar-refractivity contribution < 1.29 is 19.3 Å². The van der Waals surface area contributed by atoms with Gasteiger partial charge in [0.25, 0.3) is 0 Å². The molecule has 0 spiro atoms. The Bertz CT molecular complexity index is 524. The summed E-state index contributed by atoms with van der Waals surface area (Å²) >= 11 is 0. The molecular weight excluding hydrogens is 342 g/mol. The van der Waals surface area contributed by atoms with E-state index in [9.17, 15) is 5.11 Å². The van der Waals surface area contributed by atoms with Crippen molar-refractivity contribution in [2.24, 2.45) is 0 Å². The summed E-state index contributed by atoms with van der Waals surface area (Å²) in [6.45, 7) is 3.97. The maximum atomic E-state index is 11.2. The maximum Gasteiger partial charge on any atom is 0.0701 e. The number of aliphatic hydroxyl groups is 1. The summed E-state index contributed by atoms with van der Waals surface area (Å²) in [5.74, 6) is 0. The Labute approximate surface area is 163 Å². The van der Waals surface area contributed by atoms with E-state index in [1.165, 1.54) is 24.8 Å². The predicted octanol–water partition coefficient (Wildman–Crippen LogP) is 3.00. The van der Waals surface area contributed by atoms with Crippen molar-refractivity contribution in [1.29, 1.82) is 0 Å². The summed E-state index contributed by atoms with van der Waals surface area (Å²) in [7, 11) is 1.67. The maximum absolute atomic E-state index is 11.2. The predicted molar refractivity (Wildman–Crippen MR) is 106 cm³/mol. The van der Waals surface area contributed by atoms with E-state index in [1.807, 2.05) is 0 Å². The molecule has 2 unspecified atom stereocenters. The molecule has 152 valence electrons. The van der Waals surface area contributed by atoms with Crippen LogP contribution in [0.15, 0.2) is 30.3 Å². The molecule has 27 heavy (non-hydrogen) atoms. The summed E-state index contributed by atoms with van der Waals surface area (Å²) < 4.78 is 16.0. The van der Waals surface area contributed by atoms with Crippen molar-refractivity contribution in [3.05, 3.63) is 35.9 Å². The van der Waals surface area contributed by atoms with Crippen LogP contribution in [0.4, 0.5) is 0 Å². The number of hydrogen-bond donors (Lipinski definition) is 1. The van der Waals surface area contributed by atoms with Crippen LogP contribution in [0.3, 0.4) is 0 Å². The molecule has 5 heteroatoms. The first-order valence-corrected chi connectivity index (χ1v) is 10.4. The average Bonchev–Trinajstić information content (AvgIpc) is 2.66. The van der Waals surface area contributed by atoms with Crippen LogP contribution in [-0.2, 0) is 20.8 Å². The molecular formula is C22H35NO4. The average molecular weight is 378 g/mol. The molecule has 2 atom stereocenters. The van der Waals surface area contributed by atoms with Crippen molar-refractivity contribution in [2.45, 2.75) is 62.8 Å². The van der Waals surface area contributed by atoms with Gasteiger partial charge in [-0.3, -0.25) is 4.90 Å². The highest BCUT2D eigenvalue weighted by atomic mass is 16.5. The molecule has 0 aromatic heterocycles. The van der Waals surface area contributed by atoms with Gasteiger partial charge in [0.15, 0.2) is 0 Å². The second-order valence-electron chi connectivity index (χ2n) is 8.00. The van der Waals surface area contributed by atoms with Crippen LogP contribution in [0, 0.1) is 0 Å². The highest BCUT2D eigenvalue weighted by molar-refractivity contribution is 5.15. The van der Waals surface area contributed by atoms with Crippen LogP contribution < -0.4 is 0 Å². The SMILES string of the molecule is COCCOCCOCCC1(O)CC2CCCC(C1)N2Cc1ccccc1. The van der Waals surface area contributed by atoms with Gasteiger partial charge in [-0.15, -0.1) is 0 Å². The van der Waals surface area contributed by atoms with Crippen molar-refractivity contribution in [3.63, 3.8) is 0 Å². The number of hydrogen-bond acceptors (Lipinski definition) is 5. The molecule has 2 aliphatic heterocycles. The second kappa shape index (κ2) is 10.5. The Morgan fingerprint density at radius 3 is 2.26 bits per heavy atom. The van der Waals surface area contributed by atoms with E-state index in [2.05, 4.69) is 35.2 Å². The molecule has 2 fully saturated rings. The van der Waals surface area contributed by atoms with Gasteiger partial charge >= 0.3 is 0 Å². The Morgan fingerprint density at radius 1 is 0.963 bits per heavy atom. The van der Waals surface area contributed by atoms with Gasteiger partial charge in [0, 0.05) is 32.3 Å². The normalized spacial score (nSPS) is 28.4. The largest absolute Gasteiger partial charge is 0.390 e. The first-order chi connectivity index (χ1) is 13.2. The Hall–Kier alpha value is -0.980. The topological polar surface area (TPSA) is 51.2 Å². The summed E-state index contributed by atoms with van der Waals surface area (Å²) in [6, 6.07) is 11.7. The first kappa shape index (κ1) is 20.7. The summed E-state index contributed by atoms with van der Waals surface area (Å²) in [4.78, 5) is 2.64. The number of methoxy groups -OCH3 is 1. The molecule has 3 rings (SSSR count). The lowest BCUT2D eigenvalue weighted by Gasteiger charge is -2.52. The fourth-order valence-corrected chi connectivity index (χ4v) is 4.60. The van der Waals surface area contributed by atoms with Crippen molar-refractivity contribution in [1.82, 2.24) is 4.90 Å². The molecule has 0 aliphatic carbocycles. The minimum atomic E-state index is -0.583. The van der Waals surface area contributed by atoms with Crippen LogP contribution in [0.5, 0.6) is 0 Å². The van der Waals surface area contributed by atoms with E-state index < -0.39 is 5.60 Å². The van der Waals surface area contributed by atoms with Gasteiger partial charge in [0.1, 0.15) is 0 Å². The number of benzene rings is 1. The molecule has 2 heterocycles. The summed E-state index contributed by atoms with van der Waals surface area (Å²) in [5.41, 5.74) is 0.788. The third kappa shape index (κ3) is 6.26. The van der Waals surface area contributed by atoms with Crippen LogP contribution in [-0.4, -0.2) is 67.8 Å². The molecule has 1 aromatic rings. The zero-order valence-electron chi connectivity index (χ0n) is 16.6. The summed E-state index contributed by atoms with van der Waals surface area (Å²) in [5, 5.41) is 11.2. The Kier molecular flexibility index (Phi) is 8.09. The molecule has 2 bridgehead atoms. The number of ether oxygens (including phenoxy) is 3. The Balaban J connectivity index is 1.43. The van der Waals surface area contributed by atoms with Gasteiger partial charge in [-0.25, -0.2) is 0 Å². The highest BCUT2D eigenvalue weighted by Gasteiger charge is 2.44. The van der Waals surface area contributed by atoms with Crippen LogP contribution >= 0.6 is 0 Å². The van der Waals surface area contributed by atoms with Crippen molar-refractivity contribution in [3.8, 4) is 0 Å². The molecule has 0 amide bonds. The van der Waals surface area contributed by atoms with Gasteiger partial charge in [-0.1, -0.05) is 36.8 Å². The van der Waals surface area contributed by atoms with Crippen LogP contribution in [0.2, 0.25) is 0 Å². The van der Waals surface area contributed by atoms with Crippen molar-refractivity contribution in [2.75, 3.05) is 40.1 Å². The third-order valence-electron chi connectivity index (χ3n) is 5.97. The van der Waals surface area contributed by atoms with Crippen molar-refractivity contribution >= 4 is 0 Å². The third-order valence-corrected chi connectivity index (χ3v) is 5.97. The second-order valence-corrected chi connectivity index (χ2v) is 8.00. The van der Waals surface area contributed by atoms with Crippen LogP contribution in [0.1, 0.15) is 44.1 Å². The van der Waals surface area contributed by atoms with E-state index in [1.54, 1.807) is 7.11 Å². The lowest BCUT2D eigenvalue weighted by Crippen LogP contribution is -2.57. The van der Waals surface area contributed by atoms with Gasteiger partial charge in [-0.05, 0) is 37.7 Å². The highest BCUT2D eigenvalue weighted by Crippen LogP contribution is 2.41. The van der Waals surface area contributed by atoms with E-state index in [0.29, 0.717) is 45.1 Å². The lowest BCUT2D eigenvalue weighted by atomic mass is 9.74. The van der Waals surface area contributed by atoms with Gasteiger partial charge in [0.05, 0.1) is 32.0 Å². The quantitative estimate of drug-likeness (QED) is 0.601.